The molecule has 0 saturated heterocycles. The first-order valence-electron chi connectivity index (χ1n) is 10.4. The Hall–Kier alpha value is -3.11. The third kappa shape index (κ3) is 6.93. The second kappa shape index (κ2) is 11.7. The van der Waals surface area contributed by atoms with Gasteiger partial charge in [-0.25, -0.2) is 17.5 Å². The molecule has 0 radical (unpaired) electrons. The molecule has 0 heterocycles. The molecule has 2 aromatic carbocycles. The summed E-state index contributed by atoms with van der Waals surface area (Å²) in [7, 11) is 0.656. The minimum Gasteiger partial charge on any atom is -0.493 e. The fourth-order valence-electron chi connectivity index (χ4n) is 2.80. The topological polar surface area (TPSA) is 111 Å². The van der Waals surface area contributed by atoms with E-state index < -0.39 is 28.5 Å². The van der Waals surface area contributed by atoms with Crippen LogP contribution in [0.2, 0.25) is 0 Å². The number of hydrogen-bond donors (Lipinski definition) is 1. The summed E-state index contributed by atoms with van der Waals surface area (Å²) in [6, 6.07) is 9.17. The highest BCUT2D eigenvalue weighted by Crippen LogP contribution is 2.28. The number of esters is 1. The van der Waals surface area contributed by atoms with E-state index in [1.807, 2.05) is 0 Å². The lowest BCUT2D eigenvalue weighted by atomic mass is 10.2. The first-order chi connectivity index (χ1) is 15.6. The number of carbonyl (C=O) groups is 2. The van der Waals surface area contributed by atoms with E-state index in [9.17, 15) is 18.0 Å². The number of rotatable bonds is 11. The predicted octanol–water partition coefficient (Wildman–Crippen LogP) is 3.23. The van der Waals surface area contributed by atoms with Crippen LogP contribution in [0, 0.1) is 6.92 Å². The molecule has 1 amide bonds. The van der Waals surface area contributed by atoms with Crippen molar-refractivity contribution in [3.8, 4) is 11.5 Å². The molecule has 0 aliphatic rings. The van der Waals surface area contributed by atoms with Gasteiger partial charge in [-0.05, 0) is 49.2 Å². The lowest BCUT2D eigenvalue weighted by Gasteiger charge is -2.15. The minimum atomic E-state index is -3.67. The number of amides is 1. The molecule has 0 unspecified atom stereocenters. The number of ether oxygens (including phenoxy) is 3. The molecule has 0 aliphatic heterocycles. The van der Waals surface area contributed by atoms with E-state index in [4.69, 9.17) is 14.2 Å². The van der Waals surface area contributed by atoms with Crippen molar-refractivity contribution >= 4 is 27.6 Å². The Morgan fingerprint density at radius 3 is 2.42 bits per heavy atom. The van der Waals surface area contributed by atoms with Gasteiger partial charge in [0.25, 0.3) is 5.91 Å². The van der Waals surface area contributed by atoms with Crippen molar-refractivity contribution in [2.45, 2.75) is 31.6 Å². The molecule has 2 rings (SSSR count). The maximum absolute atomic E-state index is 12.4. The molecule has 0 atom stereocenters. The molecule has 1 N–H and O–H groups in total. The van der Waals surface area contributed by atoms with Gasteiger partial charge < -0.3 is 19.5 Å². The zero-order valence-corrected chi connectivity index (χ0v) is 20.3. The van der Waals surface area contributed by atoms with Crippen LogP contribution in [0.3, 0.4) is 0 Å². The van der Waals surface area contributed by atoms with Crippen LogP contribution in [-0.4, -0.2) is 59.0 Å². The second-order valence-corrected chi connectivity index (χ2v) is 9.58. The number of nitrogens with zero attached hydrogens (tertiary/aromatic N) is 1. The first kappa shape index (κ1) is 26.1. The molecule has 2 aromatic rings. The van der Waals surface area contributed by atoms with Gasteiger partial charge in [-0.1, -0.05) is 19.4 Å². The smallest absolute Gasteiger partial charge is 0.338 e. The third-order valence-electron chi connectivity index (χ3n) is 4.72. The Kier molecular flexibility index (Phi) is 9.24. The Labute approximate surface area is 194 Å². The first-order valence-corrected chi connectivity index (χ1v) is 11.8. The fourth-order valence-corrected chi connectivity index (χ4v) is 3.95. The summed E-state index contributed by atoms with van der Waals surface area (Å²) < 4.78 is 42.0. The zero-order chi connectivity index (χ0) is 24.6. The van der Waals surface area contributed by atoms with Crippen molar-refractivity contribution in [3.05, 3.63) is 47.5 Å². The van der Waals surface area contributed by atoms with Crippen LogP contribution >= 0.6 is 0 Å². The van der Waals surface area contributed by atoms with Gasteiger partial charge >= 0.3 is 5.97 Å². The molecule has 0 fully saturated rings. The summed E-state index contributed by atoms with van der Waals surface area (Å²) in [5, 5.41) is 2.54. The monoisotopic (exact) mass is 478 g/mol. The summed E-state index contributed by atoms with van der Waals surface area (Å²) in [6.07, 6.45) is 1.88. The summed E-state index contributed by atoms with van der Waals surface area (Å²) in [4.78, 5) is 24.7. The quantitative estimate of drug-likeness (QED) is 0.390. The summed E-state index contributed by atoms with van der Waals surface area (Å²) in [5.41, 5.74) is 1.03. The van der Waals surface area contributed by atoms with E-state index in [1.54, 1.807) is 25.1 Å². The van der Waals surface area contributed by atoms with Crippen molar-refractivity contribution in [1.82, 2.24) is 4.31 Å². The van der Waals surface area contributed by atoms with Gasteiger partial charge in [0.1, 0.15) is 0 Å². The Morgan fingerprint density at radius 1 is 1.06 bits per heavy atom. The number of nitrogens with one attached hydrogen (secondary N) is 1. The van der Waals surface area contributed by atoms with Gasteiger partial charge in [-0.3, -0.25) is 4.79 Å². The van der Waals surface area contributed by atoms with Crippen molar-refractivity contribution < 1.29 is 32.2 Å². The Morgan fingerprint density at radius 2 is 1.79 bits per heavy atom. The van der Waals surface area contributed by atoms with E-state index in [0.717, 1.165) is 17.1 Å². The largest absolute Gasteiger partial charge is 0.493 e. The van der Waals surface area contributed by atoms with Crippen molar-refractivity contribution in [2.75, 3.05) is 39.7 Å². The molecule has 33 heavy (non-hydrogen) atoms. The van der Waals surface area contributed by atoms with Crippen LogP contribution in [-0.2, 0) is 19.6 Å². The normalized spacial score (nSPS) is 11.2. The Bertz CT molecular complexity index is 1100. The van der Waals surface area contributed by atoms with E-state index in [0.29, 0.717) is 23.7 Å². The van der Waals surface area contributed by atoms with Gasteiger partial charge in [0.15, 0.2) is 18.1 Å². The van der Waals surface area contributed by atoms with Crippen molar-refractivity contribution in [3.63, 3.8) is 0 Å². The number of aryl methyl sites for hydroxylation is 1. The number of sulfonamides is 1. The van der Waals surface area contributed by atoms with Crippen LogP contribution in [0.15, 0.2) is 41.3 Å². The van der Waals surface area contributed by atoms with Crippen LogP contribution < -0.4 is 14.8 Å². The third-order valence-corrected chi connectivity index (χ3v) is 6.68. The van der Waals surface area contributed by atoms with Crippen molar-refractivity contribution in [2.24, 2.45) is 0 Å². The van der Waals surface area contributed by atoms with E-state index in [1.165, 1.54) is 39.4 Å². The van der Waals surface area contributed by atoms with Crippen LogP contribution in [0.1, 0.15) is 35.7 Å². The minimum absolute atomic E-state index is 0.0793. The zero-order valence-electron chi connectivity index (χ0n) is 19.5. The molecular weight excluding hydrogens is 448 g/mol. The molecule has 0 spiro atoms. The van der Waals surface area contributed by atoms with Gasteiger partial charge in [-0.2, -0.15) is 0 Å². The molecular formula is C23H30N2O7S. The average molecular weight is 479 g/mol. The molecule has 0 saturated carbocycles. The number of benzene rings is 2. The lowest BCUT2D eigenvalue weighted by Crippen LogP contribution is -2.24. The maximum atomic E-state index is 12.4. The van der Waals surface area contributed by atoms with E-state index in [-0.39, 0.29) is 16.1 Å². The number of hydrogen-bond acceptors (Lipinski definition) is 7. The van der Waals surface area contributed by atoms with Crippen LogP contribution in [0.5, 0.6) is 11.5 Å². The van der Waals surface area contributed by atoms with E-state index in [2.05, 4.69) is 12.2 Å². The molecule has 180 valence electrons. The number of unbranched alkanes of at least 4 members (excludes halogenated alkanes) is 1. The fraction of sp³-hybridized carbons (Fsp3) is 0.391. The standard InChI is InChI=1S/C23H30N2O7S/c1-6-7-12-31-19-11-9-17(13-20(19)30-5)23(27)32-15-22(26)24-18-10-8-16(2)21(14-18)33(28,29)25(3)4/h8-11,13-14H,6-7,12,15H2,1-5H3,(H,24,26). The summed E-state index contributed by atoms with van der Waals surface area (Å²) in [6.45, 7) is 3.71. The van der Waals surface area contributed by atoms with Crippen LogP contribution in [0.25, 0.3) is 0 Å². The predicted molar refractivity (Wildman–Crippen MR) is 124 cm³/mol. The van der Waals surface area contributed by atoms with Gasteiger partial charge in [0.2, 0.25) is 10.0 Å². The highest BCUT2D eigenvalue weighted by molar-refractivity contribution is 7.89. The summed E-state index contributed by atoms with van der Waals surface area (Å²) >= 11 is 0. The average Bonchev–Trinajstić information content (AvgIpc) is 2.78. The second-order valence-electron chi connectivity index (χ2n) is 7.46. The molecule has 10 heteroatoms. The van der Waals surface area contributed by atoms with Gasteiger partial charge in [-0.15, -0.1) is 0 Å². The number of anilines is 1. The molecule has 0 aliphatic carbocycles. The van der Waals surface area contributed by atoms with Crippen LogP contribution in [0.4, 0.5) is 5.69 Å². The molecule has 9 nitrogen and oxygen atoms in total. The van der Waals surface area contributed by atoms with Gasteiger partial charge in [0, 0.05) is 19.8 Å². The molecule has 0 bridgehead atoms. The number of methoxy groups -OCH3 is 1. The summed E-state index contributed by atoms with van der Waals surface area (Å²) in [5.74, 6) is -0.405. The van der Waals surface area contributed by atoms with E-state index >= 15 is 0 Å². The SMILES string of the molecule is CCCCOc1ccc(C(=O)OCC(=O)Nc2ccc(C)c(S(=O)(=O)N(C)C)c2)cc1OC. The van der Waals surface area contributed by atoms with Crippen molar-refractivity contribution in [1.29, 1.82) is 0 Å². The Balaban J connectivity index is 2.02. The lowest BCUT2D eigenvalue weighted by molar-refractivity contribution is -0.119. The van der Waals surface area contributed by atoms with Gasteiger partial charge in [0.05, 0.1) is 24.2 Å². The highest BCUT2D eigenvalue weighted by atomic mass is 32.2. The number of carbonyl (C=O) groups excluding carboxylic acids is 2. The maximum Gasteiger partial charge on any atom is 0.338 e. The molecule has 0 aromatic heterocycles. The highest BCUT2D eigenvalue weighted by Gasteiger charge is 2.21.